The van der Waals surface area contributed by atoms with Crippen molar-refractivity contribution < 1.29 is 14.6 Å². The monoisotopic (exact) mass is 566 g/mol. The second kappa shape index (κ2) is 13.5. The van der Waals surface area contributed by atoms with E-state index >= 15 is 0 Å². The number of carbonyl (C=O) groups is 1. The first kappa shape index (κ1) is 27.1. The Balaban J connectivity index is 0.00000385. The molecule has 33 heavy (non-hydrogen) atoms. The van der Waals surface area contributed by atoms with Crippen LogP contribution in [0, 0.1) is 0 Å². The molecule has 0 spiro atoms. The highest BCUT2D eigenvalue weighted by Gasteiger charge is 2.28. The summed E-state index contributed by atoms with van der Waals surface area (Å²) in [4.78, 5) is 19.8. The quantitative estimate of drug-likeness (QED) is 0.260. The lowest BCUT2D eigenvalue weighted by Crippen LogP contribution is -2.47. The SMILES string of the molecule is CCNC(=NCC(C)(O)c1ccccc1)NCC(C(=O)N1CCOCC1)c1ccccc1.I. The number of hydrogen-bond donors (Lipinski definition) is 3. The van der Waals surface area contributed by atoms with Gasteiger partial charge in [-0.3, -0.25) is 4.79 Å². The number of ether oxygens (including phenoxy) is 1. The van der Waals surface area contributed by atoms with Gasteiger partial charge in [0.1, 0.15) is 5.60 Å². The second-order valence-electron chi connectivity index (χ2n) is 8.12. The molecule has 2 unspecified atom stereocenters. The van der Waals surface area contributed by atoms with E-state index in [4.69, 9.17) is 4.74 Å². The van der Waals surface area contributed by atoms with Crippen LogP contribution in [0.5, 0.6) is 0 Å². The Morgan fingerprint density at radius 3 is 2.30 bits per heavy atom. The van der Waals surface area contributed by atoms with Gasteiger partial charge in [-0.15, -0.1) is 24.0 Å². The molecule has 1 amide bonds. The maximum Gasteiger partial charge on any atom is 0.232 e. The zero-order valence-electron chi connectivity index (χ0n) is 19.4. The Labute approximate surface area is 213 Å². The Morgan fingerprint density at radius 2 is 1.70 bits per heavy atom. The number of nitrogens with zero attached hydrogens (tertiary/aromatic N) is 2. The van der Waals surface area contributed by atoms with E-state index in [1.54, 1.807) is 6.92 Å². The summed E-state index contributed by atoms with van der Waals surface area (Å²) in [5.74, 6) is 0.311. The number of guanidine groups is 1. The summed E-state index contributed by atoms with van der Waals surface area (Å²) in [6, 6.07) is 19.3. The van der Waals surface area contributed by atoms with Crippen molar-refractivity contribution in [2.45, 2.75) is 25.4 Å². The minimum Gasteiger partial charge on any atom is -0.384 e. The van der Waals surface area contributed by atoms with Crippen molar-refractivity contribution in [2.75, 3.05) is 45.9 Å². The van der Waals surface area contributed by atoms with Crippen molar-refractivity contribution in [3.05, 3.63) is 71.8 Å². The van der Waals surface area contributed by atoms with Gasteiger partial charge in [0.25, 0.3) is 0 Å². The third-order valence-electron chi connectivity index (χ3n) is 5.58. The van der Waals surface area contributed by atoms with Gasteiger partial charge >= 0.3 is 0 Å². The fourth-order valence-corrected chi connectivity index (χ4v) is 3.70. The molecule has 7 nitrogen and oxygen atoms in total. The number of amides is 1. The summed E-state index contributed by atoms with van der Waals surface area (Å²) in [6.07, 6.45) is 0. The highest BCUT2D eigenvalue weighted by atomic mass is 127. The zero-order valence-corrected chi connectivity index (χ0v) is 21.7. The van der Waals surface area contributed by atoms with Gasteiger partial charge in [-0.2, -0.15) is 0 Å². The molecular formula is C25H35IN4O3. The number of halogens is 1. The fraction of sp³-hybridized carbons (Fsp3) is 0.440. The van der Waals surface area contributed by atoms with E-state index in [9.17, 15) is 9.90 Å². The van der Waals surface area contributed by atoms with Crippen molar-refractivity contribution in [1.29, 1.82) is 0 Å². The molecule has 0 aliphatic carbocycles. The van der Waals surface area contributed by atoms with E-state index in [1.807, 2.05) is 72.5 Å². The van der Waals surface area contributed by atoms with E-state index in [2.05, 4.69) is 15.6 Å². The number of morpholine rings is 1. The molecule has 0 radical (unpaired) electrons. The van der Waals surface area contributed by atoms with Gasteiger partial charge in [0, 0.05) is 26.2 Å². The topological polar surface area (TPSA) is 86.2 Å². The first-order chi connectivity index (χ1) is 15.5. The van der Waals surface area contributed by atoms with Crippen LogP contribution in [0.3, 0.4) is 0 Å². The van der Waals surface area contributed by atoms with Crippen molar-refractivity contribution in [3.8, 4) is 0 Å². The number of carbonyl (C=O) groups excluding carboxylic acids is 1. The molecule has 1 aliphatic rings. The van der Waals surface area contributed by atoms with Crippen LogP contribution >= 0.6 is 24.0 Å². The van der Waals surface area contributed by atoms with Crippen LogP contribution in [0.25, 0.3) is 0 Å². The maximum atomic E-state index is 13.3. The molecule has 3 rings (SSSR count). The lowest BCUT2D eigenvalue weighted by Gasteiger charge is -2.31. The van der Waals surface area contributed by atoms with Crippen LogP contribution in [0.15, 0.2) is 65.7 Å². The van der Waals surface area contributed by atoms with Gasteiger partial charge < -0.3 is 25.4 Å². The summed E-state index contributed by atoms with van der Waals surface area (Å²) < 4.78 is 5.40. The third-order valence-corrected chi connectivity index (χ3v) is 5.58. The van der Waals surface area contributed by atoms with Crippen molar-refractivity contribution >= 4 is 35.8 Å². The lowest BCUT2D eigenvalue weighted by molar-refractivity contribution is -0.136. The molecule has 1 fully saturated rings. The molecule has 1 aliphatic heterocycles. The summed E-state index contributed by atoms with van der Waals surface area (Å²) in [5.41, 5.74) is 0.680. The normalized spacial score (nSPS) is 16.8. The first-order valence-electron chi connectivity index (χ1n) is 11.2. The molecule has 2 atom stereocenters. The molecule has 3 N–H and O–H groups in total. The molecule has 1 heterocycles. The second-order valence-corrected chi connectivity index (χ2v) is 8.12. The van der Waals surface area contributed by atoms with Gasteiger partial charge in [-0.25, -0.2) is 4.99 Å². The molecule has 0 saturated carbocycles. The van der Waals surface area contributed by atoms with E-state index in [1.165, 1.54) is 0 Å². The predicted molar refractivity (Wildman–Crippen MR) is 142 cm³/mol. The number of hydrogen-bond acceptors (Lipinski definition) is 4. The predicted octanol–water partition coefficient (Wildman–Crippen LogP) is 2.71. The molecule has 180 valence electrons. The minimum atomic E-state index is -1.09. The molecule has 2 aromatic carbocycles. The van der Waals surface area contributed by atoms with Gasteiger partial charge in [0.05, 0.1) is 25.7 Å². The average molecular weight is 566 g/mol. The number of aliphatic imine (C=N–C) groups is 1. The largest absolute Gasteiger partial charge is 0.384 e. The van der Waals surface area contributed by atoms with E-state index < -0.39 is 5.60 Å². The fourth-order valence-electron chi connectivity index (χ4n) is 3.70. The van der Waals surface area contributed by atoms with Gasteiger partial charge in [-0.1, -0.05) is 60.7 Å². The average Bonchev–Trinajstić information content (AvgIpc) is 2.84. The molecule has 0 aromatic heterocycles. The van der Waals surface area contributed by atoms with E-state index in [0.717, 1.165) is 11.1 Å². The standard InChI is InChI=1S/C25H34N4O3.HI/c1-3-26-24(28-19-25(2,31)21-12-8-5-9-13-21)27-18-22(20-10-6-4-7-11-20)23(30)29-14-16-32-17-15-29;/h4-13,22,31H,3,14-19H2,1-2H3,(H2,26,27,28);1H. The number of rotatable bonds is 8. The van der Waals surface area contributed by atoms with Gasteiger partial charge in [-0.05, 0) is 25.0 Å². The van der Waals surface area contributed by atoms with E-state index in [-0.39, 0.29) is 42.3 Å². The minimum absolute atomic E-state index is 0. The van der Waals surface area contributed by atoms with Crippen molar-refractivity contribution in [1.82, 2.24) is 15.5 Å². The molecule has 0 bridgehead atoms. The summed E-state index contributed by atoms with van der Waals surface area (Å²) in [5, 5.41) is 17.4. The third kappa shape index (κ3) is 7.97. The Kier molecular flexibility index (Phi) is 11.1. The van der Waals surface area contributed by atoms with Crippen LogP contribution in [0.4, 0.5) is 0 Å². The van der Waals surface area contributed by atoms with Crippen LogP contribution in [-0.2, 0) is 15.1 Å². The number of aliphatic hydroxyl groups is 1. The molecule has 2 aromatic rings. The van der Waals surface area contributed by atoms with E-state index in [0.29, 0.717) is 45.4 Å². The van der Waals surface area contributed by atoms with Crippen molar-refractivity contribution in [3.63, 3.8) is 0 Å². The van der Waals surface area contributed by atoms with Crippen LogP contribution in [-0.4, -0.2) is 67.8 Å². The Hall–Kier alpha value is -2.17. The van der Waals surface area contributed by atoms with Crippen molar-refractivity contribution in [2.24, 2.45) is 4.99 Å². The van der Waals surface area contributed by atoms with Crippen LogP contribution in [0.2, 0.25) is 0 Å². The zero-order chi connectivity index (χ0) is 22.8. The maximum absolute atomic E-state index is 13.3. The highest BCUT2D eigenvalue weighted by Crippen LogP contribution is 2.21. The molecule has 8 heteroatoms. The van der Waals surface area contributed by atoms with Crippen LogP contribution < -0.4 is 10.6 Å². The lowest BCUT2D eigenvalue weighted by atomic mass is 9.96. The summed E-state index contributed by atoms with van der Waals surface area (Å²) in [6.45, 7) is 7.36. The number of benzene rings is 2. The van der Waals surface area contributed by atoms with Crippen LogP contribution in [0.1, 0.15) is 30.9 Å². The Bertz CT molecular complexity index is 872. The Morgan fingerprint density at radius 1 is 1.09 bits per heavy atom. The first-order valence-corrected chi connectivity index (χ1v) is 11.2. The summed E-state index contributed by atoms with van der Waals surface area (Å²) in [7, 11) is 0. The molecular weight excluding hydrogens is 531 g/mol. The summed E-state index contributed by atoms with van der Waals surface area (Å²) >= 11 is 0. The van der Waals surface area contributed by atoms with Gasteiger partial charge in [0.2, 0.25) is 5.91 Å². The van der Waals surface area contributed by atoms with Gasteiger partial charge in [0.15, 0.2) is 5.96 Å². The molecule has 1 saturated heterocycles. The highest BCUT2D eigenvalue weighted by molar-refractivity contribution is 14.0. The smallest absolute Gasteiger partial charge is 0.232 e. The number of nitrogens with one attached hydrogen (secondary N) is 2.